The molecule has 2 heteroatoms. The van der Waals surface area contributed by atoms with Crippen LogP contribution in [0.2, 0.25) is 0 Å². The number of carbonyl (C=O) groups is 1. The Kier molecular flexibility index (Phi) is 2.15. The molecule has 94 valence electrons. The molecule has 0 saturated heterocycles. The maximum absolute atomic E-state index is 12.6. The van der Waals surface area contributed by atoms with Gasteiger partial charge in [0.25, 0.3) is 0 Å². The van der Waals surface area contributed by atoms with E-state index in [9.17, 15) is 4.79 Å². The third-order valence-corrected chi connectivity index (χ3v) is 3.84. The van der Waals surface area contributed by atoms with Crippen molar-refractivity contribution < 1.29 is 4.79 Å². The summed E-state index contributed by atoms with van der Waals surface area (Å²) >= 11 is 0. The largest absolute Gasteiger partial charge is 0.300 e. The summed E-state index contributed by atoms with van der Waals surface area (Å²) in [4.78, 5) is 12.6. The van der Waals surface area contributed by atoms with Gasteiger partial charge < -0.3 is 0 Å². The third-order valence-electron chi connectivity index (χ3n) is 3.84. The Balaban J connectivity index is 2.08. The second-order valence-electron chi connectivity index (χ2n) is 4.99. The van der Waals surface area contributed by atoms with Crippen molar-refractivity contribution in [2.45, 2.75) is 0 Å². The van der Waals surface area contributed by atoms with Crippen molar-refractivity contribution in [1.82, 2.24) is 0 Å². The molecule has 3 aromatic rings. The predicted molar refractivity (Wildman–Crippen MR) is 79.8 cm³/mol. The van der Waals surface area contributed by atoms with Crippen molar-refractivity contribution in [3.8, 4) is 0 Å². The Hall–Kier alpha value is -2.74. The van der Waals surface area contributed by atoms with Crippen LogP contribution < -0.4 is 0 Å². The molecule has 4 rings (SSSR count). The van der Waals surface area contributed by atoms with Crippen molar-refractivity contribution in [2.75, 3.05) is 0 Å². The SMILES string of the molecule is N=C1c2ccccc2C(=O)c2cc3ccccc3cc21. The second kappa shape index (κ2) is 3.87. The fourth-order valence-electron chi connectivity index (χ4n) is 2.82. The number of fused-ring (bicyclic) bond motifs is 3. The third kappa shape index (κ3) is 1.39. The van der Waals surface area contributed by atoms with Crippen LogP contribution in [0.15, 0.2) is 60.7 Å². The molecule has 2 nitrogen and oxygen atoms in total. The summed E-state index contributed by atoms with van der Waals surface area (Å²) in [7, 11) is 0. The molecule has 20 heavy (non-hydrogen) atoms. The van der Waals surface area contributed by atoms with Crippen molar-refractivity contribution in [2.24, 2.45) is 0 Å². The van der Waals surface area contributed by atoms with E-state index in [4.69, 9.17) is 5.41 Å². The minimum absolute atomic E-state index is 0.0114. The monoisotopic (exact) mass is 257 g/mol. The van der Waals surface area contributed by atoms with Gasteiger partial charge in [-0.1, -0.05) is 48.5 Å². The zero-order chi connectivity index (χ0) is 13.7. The normalized spacial score (nSPS) is 13.2. The summed E-state index contributed by atoms with van der Waals surface area (Å²) in [6.45, 7) is 0. The molecule has 0 aromatic heterocycles. The van der Waals surface area contributed by atoms with Crippen LogP contribution in [0, 0.1) is 5.41 Å². The van der Waals surface area contributed by atoms with Crippen LogP contribution in [0.1, 0.15) is 27.0 Å². The van der Waals surface area contributed by atoms with Gasteiger partial charge in [0.05, 0.1) is 5.71 Å². The zero-order valence-corrected chi connectivity index (χ0v) is 10.7. The number of rotatable bonds is 0. The molecule has 0 radical (unpaired) electrons. The summed E-state index contributed by atoms with van der Waals surface area (Å²) in [5.74, 6) is 0.0114. The summed E-state index contributed by atoms with van der Waals surface area (Å²) in [5, 5.41) is 10.5. The Morgan fingerprint density at radius 3 is 1.90 bits per heavy atom. The van der Waals surface area contributed by atoms with Crippen molar-refractivity contribution >= 4 is 22.3 Å². The van der Waals surface area contributed by atoms with Crippen molar-refractivity contribution in [3.05, 3.63) is 82.9 Å². The second-order valence-corrected chi connectivity index (χ2v) is 4.99. The molecule has 0 atom stereocenters. The predicted octanol–water partition coefficient (Wildman–Crippen LogP) is 3.80. The highest BCUT2D eigenvalue weighted by molar-refractivity contribution is 6.30. The molecule has 0 aliphatic heterocycles. The van der Waals surface area contributed by atoms with Gasteiger partial charge in [0.2, 0.25) is 0 Å². The molecule has 0 fully saturated rings. The van der Waals surface area contributed by atoms with Crippen LogP contribution in [-0.2, 0) is 0 Å². The molecule has 0 saturated carbocycles. The van der Waals surface area contributed by atoms with E-state index in [0.717, 1.165) is 21.9 Å². The zero-order valence-electron chi connectivity index (χ0n) is 10.7. The number of nitrogens with one attached hydrogen (secondary N) is 1. The first kappa shape index (κ1) is 11.1. The van der Waals surface area contributed by atoms with E-state index in [1.54, 1.807) is 6.07 Å². The Morgan fingerprint density at radius 1 is 0.650 bits per heavy atom. The van der Waals surface area contributed by atoms with E-state index in [0.29, 0.717) is 16.8 Å². The molecular weight excluding hydrogens is 246 g/mol. The molecule has 0 unspecified atom stereocenters. The summed E-state index contributed by atoms with van der Waals surface area (Å²) in [6.07, 6.45) is 0. The smallest absolute Gasteiger partial charge is 0.194 e. The van der Waals surface area contributed by atoms with Gasteiger partial charge in [0.15, 0.2) is 5.78 Å². The van der Waals surface area contributed by atoms with E-state index in [2.05, 4.69) is 0 Å². The first-order valence-corrected chi connectivity index (χ1v) is 6.51. The average molecular weight is 257 g/mol. The van der Waals surface area contributed by atoms with E-state index in [1.165, 1.54) is 0 Å². The van der Waals surface area contributed by atoms with Crippen LogP contribution in [0.25, 0.3) is 10.8 Å². The summed E-state index contributed by atoms with van der Waals surface area (Å²) < 4.78 is 0. The van der Waals surface area contributed by atoms with E-state index in [-0.39, 0.29) is 5.78 Å². The standard InChI is InChI=1S/C18H11NO/c19-17-13-7-3-4-8-14(13)18(20)16-10-12-6-2-1-5-11(12)9-15(16)17/h1-10,19H. The molecular formula is C18H11NO. The van der Waals surface area contributed by atoms with Crippen molar-refractivity contribution in [3.63, 3.8) is 0 Å². The van der Waals surface area contributed by atoms with Gasteiger partial charge in [0, 0.05) is 22.3 Å². The lowest BCUT2D eigenvalue weighted by molar-refractivity contribution is 0.103. The van der Waals surface area contributed by atoms with Crippen LogP contribution >= 0.6 is 0 Å². The lowest BCUT2D eigenvalue weighted by Gasteiger charge is -2.20. The van der Waals surface area contributed by atoms with Gasteiger partial charge >= 0.3 is 0 Å². The van der Waals surface area contributed by atoms with Crippen molar-refractivity contribution in [1.29, 1.82) is 5.41 Å². The number of benzene rings is 3. The average Bonchev–Trinajstić information content (AvgIpc) is 2.51. The maximum Gasteiger partial charge on any atom is 0.194 e. The molecule has 0 bridgehead atoms. The van der Waals surface area contributed by atoms with Gasteiger partial charge in [-0.05, 0) is 22.9 Å². The quantitative estimate of drug-likeness (QED) is 0.511. The number of hydrogen-bond donors (Lipinski definition) is 1. The Bertz CT molecular complexity index is 819. The first-order valence-electron chi connectivity index (χ1n) is 6.51. The lowest BCUT2D eigenvalue weighted by atomic mass is 9.82. The Labute approximate surface area is 116 Å². The lowest BCUT2D eigenvalue weighted by Crippen LogP contribution is -2.20. The topological polar surface area (TPSA) is 40.9 Å². The number of ketones is 1. The molecule has 0 heterocycles. The molecule has 1 aliphatic rings. The van der Waals surface area contributed by atoms with Crippen LogP contribution in [0.5, 0.6) is 0 Å². The van der Waals surface area contributed by atoms with Gasteiger partial charge in [0.1, 0.15) is 0 Å². The minimum atomic E-state index is 0.0114. The molecule has 3 aromatic carbocycles. The highest BCUT2D eigenvalue weighted by Gasteiger charge is 2.27. The van der Waals surface area contributed by atoms with E-state index < -0.39 is 0 Å². The van der Waals surface area contributed by atoms with Crippen LogP contribution in [0.4, 0.5) is 0 Å². The number of carbonyl (C=O) groups excluding carboxylic acids is 1. The van der Waals surface area contributed by atoms with Gasteiger partial charge in [-0.15, -0.1) is 0 Å². The van der Waals surface area contributed by atoms with Gasteiger partial charge in [-0.3, -0.25) is 10.2 Å². The van der Waals surface area contributed by atoms with Crippen LogP contribution in [0.3, 0.4) is 0 Å². The van der Waals surface area contributed by atoms with E-state index in [1.807, 2.05) is 54.6 Å². The molecule has 0 spiro atoms. The highest BCUT2D eigenvalue weighted by Crippen LogP contribution is 2.30. The molecule has 0 amide bonds. The highest BCUT2D eigenvalue weighted by atomic mass is 16.1. The molecule has 1 aliphatic carbocycles. The summed E-state index contributed by atoms with van der Waals surface area (Å²) in [5.41, 5.74) is 3.14. The van der Waals surface area contributed by atoms with Crippen LogP contribution in [-0.4, -0.2) is 11.5 Å². The first-order chi connectivity index (χ1) is 9.75. The van der Waals surface area contributed by atoms with Gasteiger partial charge in [-0.25, -0.2) is 0 Å². The fourth-order valence-corrected chi connectivity index (χ4v) is 2.82. The summed E-state index contributed by atoms with van der Waals surface area (Å²) in [6, 6.07) is 19.1. The Morgan fingerprint density at radius 2 is 1.20 bits per heavy atom. The van der Waals surface area contributed by atoms with Gasteiger partial charge in [-0.2, -0.15) is 0 Å². The van der Waals surface area contributed by atoms with E-state index >= 15 is 0 Å². The maximum atomic E-state index is 12.6. The molecule has 1 N–H and O–H groups in total. The fraction of sp³-hybridized carbons (Fsp3) is 0. The number of hydrogen-bond acceptors (Lipinski definition) is 2. The minimum Gasteiger partial charge on any atom is -0.300 e.